The Kier molecular flexibility index (Phi) is 2.98. The van der Waals surface area contributed by atoms with Gasteiger partial charge in [-0.15, -0.1) is 23.1 Å². The maximum absolute atomic E-state index is 9.17. The fraction of sp³-hybridized carbons (Fsp3) is 0.200. The molecule has 1 aliphatic heterocycles. The summed E-state index contributed by atoms with van der Waals surface area (Å²) in [5.74, 6) is 0.850. The molecule has 2 aromatic carbocycles. The molecule has 0 radical (unpaired) electrons. The molecule has 20 heavy (non-hydrogen) atoms. The number of hydrogen-bond acceptors (Lipinski definition) is 5. The summed E-state index contributed by atoms with van der Waals surface area (Å²) in [6, 6.07) is 12.6. The highest BCUT2D eigenvalue weighted by molar-refractivity contribution is 8.15. The summed E-state index contributed by atoms with van der Waals surface area (Å²) in [5.41, 5.74) is 1.03. The number of aliphatic hydroxyl groups excluding tert-OH is 1. The average molecular weight is 300 g/mol. The smallest absolute Gasteiger partial charge is 0.149 e. The van der Waals surface area contributed by atoms with Crippen LogP contribution in [-0.2, 0) is 0 Å². The lowest BCUT2D eigenvalue weighted by Crippen LogP contribution is -2.08. The van der Waals surface area contributed by atoms with Crippen LogP contribution in [0.2, 0.25) is 0 Å². The van der Waals surface area contributed by atoms with Crippen LogP contribution in [0.15, 0.2) is 41.4 Å². The summed E-state index contributed by atoms with van der Waals surface area (Å²) >= 11 is 3.38. The van der Waals surface area contributed by atoms with E-state index in [1.165, 1.54) is 15.5 Å². The standard InChI is InChI=1S/C15H12N2OS2/c18-7-10-8-19-14(16-10)15-17-12-6-5-9-3-1-2-4-11(9)13(12)20-15/h1-6,10,18H,7-8H2. The van der Waals surface area contributed by atoms with Crippen molar-refractivity contribution < 1.29 is 5.11 Å². The maximum Gasteiger partial charge on any atom is 0.149 e. The van der Waals surface area contributed by atoms with E-state index >= 15 is 0 Å². The lowest BCUT2D eigenvalue weighted by molar-refractivity contribution is 0.277. The van der Waals surface area contributed by atoms with Gasteiger partial charge in [0.25, 0.3) is 0 Å². The number of thiazole rings is 1. The van der Waals surface area contributed by atoms with E-state index in [2.05, 4.69) is 41.4 Å². The van der Waals surface area contributed by atoms with Crippen LogP contribution in [0.3, 0.4) is 0 Å². The summed E-state index contributed by atoms with van der Waals surface area (Å²) < 4.78 is 1.22. The van der Waals surface area contributed by atoms with Gasteiger partial charge in [0.2, 0.25) is 0 Å². The van der Waals surface area contributed by atoms with Crippen LogP contribution in [0, 0.1) is 0 Å². The van der Waals surface area contributed by atoms with Gasteiger partial charge >= 0.3 is 0 Å². The lowest BCUT2D eigenvalue weighted by Gasteiger charge is -1.96. The van der Waals surface area contributed by atoms with Gasteiger partial charge in [-0.05, 0) is 11.5 Å². The van der Waals surface area contributed by atoms with Gasteiger partial charge in [-0.2, -0.15) is 0 Å². The first-order chi connectivity index (χ1) is 9.85. The van der Waals surface area contributed by atoms with Crippen molar-refractivity contribution in [1.29, 1.82) is 0 Å². The van der Waals surface area contributed by atoms with Crippen LogP contribution in [0.5, 0.6) is 0 Å². The lowest BCUT2D eigenvalue weighted by atomic mass is 10.1. The topological polar surface area (TPSA) is 45.5 Å². The molecule has 1 aromatic heterocycles. The highest BCUT2D eigenvalue weighted by atomic mass is 32.2. The van der Waals surface area contributed by atoms with Gasteiger partial charge in [-0.25, -0.2) is 4.98 Å². The Balaban J connectivity index is 1.89. The molecule has 5 heteroatoms. The van der Waals surface area contributed by atoms with Gasteiger partial charge in [-0.3, -0.25) is 4.99 Å². The monoisotopic (exact) mass is 300 g/mol. The predicted octanol–water partition coefficient (Wildman–Crippen LogP) is 3.30. The SMILES string of the molecule is OCC1CSC(c2nc3ccc4ccccc4c3s2)=N1. The van der Waals surface area contributed by atoms with Crippen molar-refractivity contribution >= 4 is 49.1 Å². The largest absolute Gasteiger partial charge is 0.394 e. The first kappa shape index (κ1) is 12.3. The van der Waals surface area contributed by atoms with Crippen molar-refractivity contribution in [2.24, 2.45) is 4.99 Å². The summed E-state index contributed by atoms with van der Waals surface area (Å²) in [4.78, 5) is 9.23. The van der Waals surface area contributed by atoms with Crippen LogP contribution in [0.4, 0.5) is 0 Å². The number of aliphatic imine (C=N–C) groups is 1. The van der Waals surface area contributed by atoms with Crippen molar-refractivity contribution in [1.82, 2.24) is 4.98 Å². The fourth-order valence-electron chi connectivity index (χ4n) is 2.37. The second-order valence-corrected chi connectivity index (χ2v) is 6.74. The Morgan fingerprint density at radius 2 is 2.10 bits per heavy atom. The maximum atomic E-state index is 9.17. The van der Waals surface area contributed by atoms with E-state index in [1.54, 1.807) is 23.1 Å². The Bertz CT molecular complexity index is 825. The molecule has 3 aromatic rings. The summed E-state index contributed by atoms with van der Waals surface area (Å²) in [6.45, 7) is 0.115. The molecule has 2 heterocycles. The molecule has 0 spiro atoms. The second kappa shape index (κ2) is 4.84. The van der Waals surface area contributed by atoms with Crippen molar-refractivity contribution in [3.05, 3.63) is 41.4 Å². The minimum Gasteiger partial charge on any atom is -0.394 e. The van der Waals surface area contributed by atoms with Crippen LogP contribution in [0.1, 0.15) is 5.01 Å². The van der Waals surface area contributed by atoms with E-state index in [0.717, 1.165) is 21.3 Å². The zero-order chi connectivity index (χ0) is 13.5. The molecule has 0 saturated heterocycles. The van der Waals surface area contributed by atoms with Gasteiger partial charge in [0.1, 0.15) is 10.1 Å². The number of aromatic nitrogens is 1. The van der Waals surface area contributed by atoms with Gasteiger partial charge in [-0.1, -0.05) is 30.3 Å². The minimum atomic E-state index is 0.0266. The molecule has 4 rings (SSSR count). The summed E-state index contributed by atoms with van der Waals surface area (Å²) in [7, 11) is 0. The molecule has 1 N–H and O–H groups in total. The molecule has 0 bridgehead atoms. The van der Waals surface area contributed by atoms with Crippen molar-refractivity contribution in [3.63, 3.8) is 0 Å². The minimum absolute atomic E-state index is 0.0266. The van der Waals surface area contributed by atoms with E-state index in [1.807, 2.05) is 0 Å². The molecular formula is C15H12N2OS2. The van der Waals surface area contributed by atoms with Crippen LogP contribution in [-0.4, -0.2) is 33.5 Å². The second-order valence-electron chi connectivity index (χ2n) is 4.74. The number of fused-ring (bicyclic) bond motifs is 3. The third kappa shape index (κ3) is 1.93. The highest BCUT2D eigenvalue weighted by Gasteiger charge is 2.21. The van der Waals surface area contributed by atoms with Crippen LogP contribution < -0.4 is 0 Å². The quantitative estimate of drug-likeness (QED) is 0.790. The number of thioether (sulfide) groups is 1. The normalized spacial score (nSPS) is 18.9. The van der Waals surface area contributed by atoms with Crippen LogP contribution in [0.25, 0.3) is 21.0 Å². The third-order valence-electron chi connectivity index (χ3n) is 3.39. The number of nitrogens with zero attached hydrogens (tertiary/aromatic N) is 2. The zero-order valence-corrected chi connectivity index (χ0v) is 12.2. The first-order valence-corrected chi connectivity index (χ1v) is 8.25. The number of rotatable bonds is 2. The Hall–Kier alpha value is -1.43. The third-order valence-corrected chi connectivity index (χ3v) is 5.75. The van der Waals surface area contributed by atoms with E-state index < -0.39 is 0 Å². The molecule has 1 atom stereocenters. The van der Waals surface area contributed by atoms with E-state index in [-0.39, 0.29) is 12.6 Å². The summed E-state index contributed by atoms with van der Waals surface area (Å²) in [5, 5.41) is 13.6. The molecule has 1 aliphatic rings. The predicted molar refractivity (Wildman–Crippen MR) is 87.0 cm³/mol. The van der Waals surface area contributed by atoms with Crippen molar-refractivity contribution in [3.8, 4) is 0 Å². The van der Waals surface area contributed by atoms with E-state index in [9.17, 15) is 5.11 Å². The number of aliphatic hydroxyl groups is 1. The highest BCUT2D eigenvalue weighted by Crippen LogP contribution is 2.33. The molecule has 1 unspecified atom stereocenters. The molecule has 100 valence electrons. The molecule has 3 nitrogen and oxygen atoms in total. The zero-order valence-electron chi connectivity index (χ0n) is 10.6. The van der Waals surface area contributed by atoms with Gasteiger partial charge in [0.15, 0.2) is 0 Å². The molecule has 0 saturated carbocycles. The van der Waals surface area contributed by atoms with Gasteiger partial charge in [0.05, 0.1) is 22.9 Å². The Labute approximate surface area is 124 Å². The molecule has 0 amide bonds. The number of hydrogen-bond donors (Lipinski definition) is 1. The Morgan fingerprint density at radius 3 is 2.95 bits per heavy atom. The van der Waals surface area contributed by atoms with Crippen LogP contribution >= 0.6 is 23.1 Å². The molecule has 0 aliphatic carbocycles. The molecular weight excluding hydrogens is 288 g/mol. The van der Waals surface area contributed by atoms with Gasteiger partial charge < -0.3 is 5.11 Å². The number of benzene rings is 2. The molecule has 0 fully saturated rings. The summed E-state index contributed by atoms with van der Waals surface area (Å²) in [6.07, 6.45) is 0. The van der Waals surface area contributed by atoms with Gasteiger partial charge in [0, 0.05) is 11.1 Å². The van der Waals surface area contributed by atoms with E-state index in [4.69, 9.17) is 4.98 Å². The average Bonchev–Trinajstić information content (AvgIpc) is 3.13. The Morgan fingerprint density at radius 1 is 1.20 bits per heavy atom. The fourth-order valence-corrected chi connectivity index (χ4v) is 4.59. The first-order valence-electron chi connectivity index (χ1n) is 6.45. The van der Waals surface area contributed by atoms with E-state index in [0.29, 0.717) is 0 Å². The van der Waals surface area contributed by atoms with Crippen molar-refractivity contribution in [2.75, 3.05) is 12.4 Å². The van der Waals surface area contributed by atoms with Crippen molar-refractivity contribution in [2.45, 2.75) is 6.04 Å².